The maximum atomic E-state index is 13.1. The third kappa shape index (κ3) is 9.51. The van der Waals surface area contributed by atoms with E-state index in [2.05, 4.69) is 20.9 Å². The minimum atomic E-state index is -0.341. The van der Waals surface area contributed by atoms with Crippen LogP contribution >= 0.6 is 0 Å². The van der Waals surface area contributed by atoms with Crippen LogP contribution in [0.4, 0.5) is 4.39 Å². The van der Waals surface area contributed by atoms with E-state index < -0.39 is 0 Å². The standard InChI is InChI=1S/C17H27FN4O3/c1-4-19-17(22-12-16(23)20-8-9-24-3)21-11-13(2)25-15-7-5-6-14(18)10-15/h5-7,10,13H,4,8-9,11-12H2,1-3H3,(H,20,23)(H2,19,21,22). The Bertz CT molecular complexity index is 554. The second-order valence-electron chi connectivity index (χ2n) is 5.30. The van der Waals surface area contributed by atoms with Gasteiger partial charge in [-0.3, -0.25) is 4.79 Å². The Kier molecular flexibility index (Phi) is 10.00. The predicted molar refractivity (Wildman–Crippen MR) is 95.4 cm³/mol. The number of ether oxygens (including phenoxy) is 2. The van der Waals surface area contributed by atoms with Gasteiger partial charge in [0.15, 0.2) is 5.96 Å². The SMILES string of the molecule is CCNC(=NCC(=O)NCCOC)NCC(C)Oc1cccc(F)c1. The number of rotatable bonds is 10. The number of carbonyl (C=O) groups is 1. The van der Waals surface area contributed by atoms with Crippen molar-refractivity contribution in [1.29, 1.82) is 0 Å². The molecule has 0 aliphatic rings. The smallest absolute Gasteiger partial charge is 0.241 e. The molecule has 1 amide bonds. The highest BCUT2D eigenvalue weighted by Crippen LogP contribution is 2.13. The van der Waals surface area contributed by atoms with Crippen LogP contribution in [-0.2, 0) is 9.53 Å². The van der Waals surface area contributed by atoms with Gasteiger partial charge in [0, 0.05) is 26.3 Å². The highest BCUT2D eigenvalue weighted by atomic mass is 19.1. The predicted octanol–water partition coefficient (Wildman–Crippen LogP) is 0.911. The first-order chi connectivity index (χ1) is 12.0. The summed E-state index contributed by atoms with van der Waals surface area (Å²) in [6.07, 6.45) is -0.207. The zero-order valence-corrected chi connectivity index (χ0v) is 15.0. The summed E-state index contributed by atoms with van der Waals surface area (Å²) in [5.41, 5.74) is 0. The zero-order valence-electron chi connectivity index (χ0n) is 15.0. The third-order valence-corrected chi connectivity index (χ3v) is 3.04. The minimum Gasteiger partial charge on any atom is -0.489 e. The summed E-state index contributed by atoms with van der Waals surface area (Å²) >= 11 is 0. The van der Waals surface area contributed by atoms with Crippen molar-refractivity contribution in [2.24, 2.45) is 4.99 Å². The topological polar surface area (TPSA) is 84.0 Å². The Balaban J connectivity index is 2.42. The van der Waals surface area contributed by atoms with Crippen molar-refractivity contribution in [3.05, 3.63) is 30.1 Å². The van der Waals surface area contributed by atoms with Crippen molar-refractivity contribution in [2.75, 3.05) is 39.9 Å². The molecule has 140 valence electrons. The molecule has 0 saturated carbocycles. The molecule has 25 heavy (non-hydrogen) atoms. The lowest BCUT2D eigenvalue weighted by Gasteiger charge is -2.17. The van der Waals surface area contributed by atoms with Crippen LogP contribution in [0.25, 0.3) is 0 Å². The summed E-state index contributed by atoms with van der Waals surface area (Å²) in [5.74, 6) is 0.457. The zero-order chi connectivity index (χ0) is 18.5. The first-order valence-corrected chi connectivity index (χ1v) is 8.25. The van der Waals surface area contributed by atoms with Crippen LogP contribution in [0.15, 0.2) is 29.3 Å². The van der Waals surface area contributed by atoms with Crippen molar-refractivity contribution >= 4 is 11.9 Å². The van der Waals surface area contributed by atoms with Gasteiger partial charge in [0.1, 0.15) is 24.2 Å². The van der Waals surface area contributed by atoms with Crippen molar-refractivity contribution in [1.82, 2.24) is 16.0 Å². The molecule has 0 saturated heterocycles. The van der Waals surface area contributed by atoms with E-state index in [1.807, 2.05) is 13.8 Å². The van der Waals surface area contributed by atoms with Gasteiger partial charge in [-0.15, -0.1) is 0 Å². The molecule has 1 aromatic carbocycles. The van der Waals surface area contributed by atoms with E-state index in [1.54, 1.807) is 19.2 Å². The van der Waals surface area contributed by atoms with E-state index in [1.165, 1.54) is 12.1 Å². The summed E-state index contributed by atoms with van der Waals surface area (Å²) < 4.78 is 23.7. The molecule has 1 atom stereocenters. The van der Waals surface area contributed by atoms with Gasteiger partial charge in [0.25, 0.3) is 0 Å². The van der Waals surface area contributed by atoms with Crippen LogP contribution in [0.2, 0.25) is 0 Å². The van der Waals surface area contributed by atoms with E-state index in [9.17, 15) is 9.18 Å². The highest BCUT2D eigenvalue weighted by Gasteiger charge is 2.07. The number of nitrogens with zero attached hydrogens (tertiary/aromatic N) is 1. The molecule has 1 unspecified atom stereocenters. The average molecular weight is 354 g/mol. The van der Waals surface area contributed by atoms with Gasteiger partial charge in [0.2, 0.25) is 5.91 Å². The number of nitrogens with one attached hydrogen (secondary N) is 3. The average Bonchev–Trinajstić information content (AvgIpc) is 2.57. The maximum Gasteiger partial charge on any atom is 0.241 e. The largest absolute Gasteiger partial charge is 0.489 e. The first kappa shape index (κ1) is 20.7. The number of hydrogen-bond acceptors (Lipinski definition) is 4. The summed E-state index contributed by atoms with van der Waals surface area (Å²) in [4.78, 5) is 15.9. The summed E-state index contributed by atoms with van der Waals surface area (Å²) in [7, 11) is 1.57. The second kappa shape index (κ2) is 12.1. The second-order valence-corrected chi connectivity index (χ2v) is 5.30. The Morgan fingerprint density at radius 1 is 1.32 bits per heavy atom. The Labute approximate surface area is 148 Å². The molecule has 0 bridgehead atoms. The molecule has 0 spiro atoms. The van der Waals surface area contributed by atoms with Crippen LogP contribution in [-0.4, -0.2) is 57.9 Å². The number of halogens is 1. The number of benzene rings is 1. The fourth-order valence-electron chi connectivity index (χ4n) is 1.90. The fourth-order valence-corrected chi connectivity index (χ4v) is 1.90. The van der Waals surface area contributed by atoms with Crippen molar-refractivity contribution < 1.29 is 18.7 Å². The number of amides is 1. The first-order valence-electron chi connectivity index (χ1n) is 8.25. The molecule has 0 radical (unpaired) electrons. The van der Waals surface area contributed by atoms with Crippen molar-refractivity contribution in [3.8, 4) is 5.75 Å². The molecule has 7 nitrogen and oxygen atoms in total. The monoisotopic (exact) mass is 354 g/mol. The summed E-state index contributed by atoms with van der Waals surface area (Å²) in [6.45, 7) is 5.83. The van der Waals surface area contributed by atoms with Crippen LogP contribution in [0.5, 0.6) is 5.75 Å². The molecule has 0 fully saturated rings. The van der Waals surface area contributed by atoms with Crippen LogP contribution in [0, 0.1) is 5.82 Å². The molecule has 8 heteroatoms. The lowest BCUT2D eigenvalue weighted by Crippen LogP contribution is -2.42. The third-order valence-electron chi connectivity index (χ3n) is 3.04. The molecule has 3 N–H and O–H groups in total. The maximum absolute atomic E-state index is 13.1. The van der Waals surface area contributed by atoms with E-state index in [-0.39, 0.29) is 24.4 Å². The number of methoxy groups -OCH3 is 1. The molecular weight excluding hydrogens is 327 g/mol. The van der Waals surface area contributed by atoms with Gasteiger partial charge in [-0.1, -0.05) is 6.07 Å². The summed E-state index contributed by atoms with van der Waals surface area (Å²) in [6, 6.07) is 5.99. The van der Waals surface area contributed by atoms with Crippen LogP contribution in [0.3, 0.4) is 0 Å². The quantitative estimate of drug-likeness (QED) is 0.330. The van der Waals surface area contributed by atoms with E-state index in [0.717, 1.165) is 0 Å². The minimum absolute atomic E-state index is 0.0121. The fraction of sp³-hybridized carbons (Fsp3) is 0.529. The molecular formula is C17H27FN4O3. The van der Waals surface area contributed by atoms with Gasteiger partial charge in [0.05, 0.1) is 13.2 Å². The van der Waals surface area contributed by atoms with Gasteiger partial charge < -0.3 is 25.4 Å². The number of aliphatic imine (C=N–C) groups is 1. The Morgan fingerprint density at radius 3 is 2.80 bits per heavy atom. The van der Waals surface area contributed by atoms with E-state index in [0.29, 0.717) is 38.0 Å². The molecule has 0 aliphatic heterocycles. The number of hydrogen-bond donors (Lipinski definition) is 3. The van der Waals surface area contributed by atoms with Gasteiger partial charge in [-0.2, -0.15) is 0 Å². The van der Waals surface area contributed by atoms with Gasteiger partial charge in [-0.05, 0) is 26.0 Å². The van der Waals surface area contributed by atoms with Crippen LogP contribution in [0.1, 0.15) is 13.8 Å². The number of guanidine groups is 1. The van der Waals surface area contributed by atoms with Gasteiger partial charge >= 0.3 is 0 Å². The summed E-state index contributed by atoms with van der Waals surface area (Å²) in [5, 5.41) is 8.84. The van der Waals surface area contributed by atoms with Crippen molar-refractivity contribution in [3.63, 3.8) is 0 Å². The molecule has 0 aliphatic carbocycles. The van der Waals surface area contributed by atoms with Crippen LogP contribution < -0.4 is 20.7 Å². The Morgan fingerprint density at radius 2 is 2.12 bits per heavy atom. The normalized spacial score (nSPS) is 12.4. The number of carbonyl (C=O) groups excluding carboxylic acids is 1. The molecule has 1 aromatic rings. The van der Waals surface area contributed by atoms with Gasteiger partial charge in [-0.25, -0.2) is 9.38 Å². The lowest BCUT2D eigenvalue weighted by atomic mass is 10.3. The molecule has 0 heterocycles. The molecule has 0 aromatic heterocycles. The Hall–Kier alpha value is -2.35. The van der Waals surface area contributed by atoms with E-state index >= 15 is 0 Å². The van der Waals surface area contributed by atoms with E-state index in [4.69, 9.17) is 9.47 Å². The lowest BCUT2D eigenvalue weighted by molar-refractivity contribution is -0.119. The highest BCUT2D eigenvalue weighted by molar-refractivity contribution is 5.84. The molecule has 1 rings (SSSR count). The van der Waals surface area contributed by atoms with Crippen molar-refractivity contribution in [2.45, 2.75) is 20.0 Å².